The van der Waals surface area contributed by atoms with Gasteiger partial charge in [-0.1, -0.05) is 29.8 Å². The summed E-state index contributed by atoms with van der Waals surface area (Å²) in [7, 11) is -2.54. The number of pyridine rings is 1. The van der Waals surface area contributed by atoms with Gasteiger partial charge in [0, 0.05) is 19.0 Å². The van der Waals surface area contributed by atoms with Gasteiger partial charge in [-0.3, -0.25) is 9.52 Å². The Morgan fingerprint density at radius 1 is 1.21 bits per heavy atom. The molecule has 174 valence electrons. The standard InChI is InChI=1S/C23H26N4O5S/c1-15-4-6-17(7-5-15)14-33(30,31)26-22(28)18-8-10-27(11-9-18)21-19(13-24)12-20(16(2)25-21)23(29)32-3/h4-7,12,18H,8-11,14H2,1-3H3,(H,26,28). The topological polar surface area (TPSA) is 129 Å². The van der Waals surface area contributed by atoms with E-state index in [1.807, 2.05) is 24.0 Å². The molecule has 2 heterocycles. The van der Waals surface area contributed by atoms with Crippen molar-refractivity contribution in [2.24, 2.45) is 5.92 Å². The van der Waals surface area contributed by atoms with Gasteiger partial charge >= 0.3 is 5.97 Å². The fourth-order valence-electron chi connectivity index (χ4n) is 3.76. The summed E-state index contributed by atoms with van der Waals surface area (Å²) in [6, 6.07) is 10.6. The van der Waals surface area contributed by atoms with E-state index in [2.05, 4.69) is 15.8 Å². The molecule has 2 aromatic rings. The summed E-state index contributed by atoms with van der Waals surface area (Å²) in [5, 5.41) is 9.52. The van der Waals surface area contributed by atoms with Crippen molar-refractivity contribution >= 4 is 27.7 Å². The van der Waals surface area contributed by atoms with Crippen LogP contribution in [-0.2, 0) is 25.3 Å². The summed E-state index contributed by atoms with van der Waals surface area (Å²) in [4.78, 5) is 30.8. The summed E-state index contributed by atoms with van der Waals surface area (Å²) >= 11 is 0. The lowest BCUT2D eigenvalue weighted by molar-refractivity contribution is -0.123. The van der Waals surface area contributed by atoms with Gasteiger partial charge in [-0.25, -0.2) is 18.2 Å². The number of nitrogens with zero attached hydrogens (tertiary/aromatic N) is 3. The number of rotatable bonds is 6. The van der Waals surface area contributed by atoms with Crippen molar-refractivity contribution in [2.75, 3.05) is 25.1 Å². The van der Waals surface area contributed by atoms with Crippen molar-refractivity contribution in [1.29, 1.82) is 5.26 Å². The van der Waals surface area contributed by atoms with Crippen LogP contribution in [0.3, 0.4) is 0 Å². The van der Waals surface area contributed by atoms with Gasteiger partial charge in [0.1, 0.15) is 11.9 Å². The number of nitrogens with one attached hydrogen (secondary N) is 1. The van der Waals surface area contributed by atoms with Crippen LogP contribution in [0.5, 0.6) is 0 Å². The van der Waals surface area contributed by atoms with Crippen molar-refractivity contribution in [1.82, 2.24) is 9.71 Å². The number of methoxy groups -OCH3 is 1. The van der Waals surface area contributed by atoms with Gasteiger partial charge in [-0.2, -0.15) is 5.26 Å². The van der Waals surface area contributed by atoms with Crippen molar-refractivity contribution < 1.29 is 22.7 Å². The number of amides is 1. The first-order chi connectivity index (χ1) is 15.6. The van der Waals surface area contributed by atoms with E-state index in [0.29, 0.717) is 43.0 Å². The molecule has 1 aliphatic heterocycles. The van der Waals surface area contributed by atoms with Crippen LogP contribution in [0.2, 0.25) is 0 Å². The van der Waals surface area contributed by atoms with Crippen LogP contribution in [0.15, 0.2) is 30.3 Å². The SMILES string of the molecule is COC(=O)c1cc(C#N)c(N2CCC(C(=O)NS(=O)(=O)Cc3ccc(C)cc3)CC2)nc1C. The first kappa shape index (κ1) is 24.2. The molecular weight excluding hydrogens is 444 g/mol. The summed E-state index contributed by atoms with van der Waals surface area (Å²) < 4.78 is 31.8. The molecule has 0 unspecified atom stereocenters. The predicted molar refractivity (Wildman–Crippen MR) is 122 cm³/mol. The predicted octanol–water partition coefficient (Wildman–Crippen LogP) is 2.22. The highest BCUT2D eigenvalue weighted by Gasteiger charge is 2.30. The molecule has 0 saturated carbocycles. The van der Waals surface area contributed by atoms with Crippen LogP contribution < -0.4 is 9.62 Å². The van der Waals surface area contributed by atoms with Crippen LogP contribution in [0.1, 0.15) is 45.6 Å². The van der Waals surface area contributed by atoms with Gasteiger partial charge in [0.05, 0.1) is 29.7 Å². The number of esters is 1. The number of carbonyl (C=O) groups is 2. The van der Waals surface area contributed by atoms with E-state index in [-0.39, 0.29) is 16.9 Å². The quantitative estimate of drug-likeness (QED) is 0.636. The van der Waals surface area contributed by atoms with E-state index in [9.17, 15) is 23.3 Å². The van der Waals surface area contributed by atoms with E-state index < -0.39 is 27.8 Å². The number of sulfonamides is 1. The maximum Gasteiger partial charge on any atom is 0.339 e. The smallest absolute Gasteiger partial charge is 0.339 e. The second-order valence-corrected chi connectivity index (χ2v) is 9.79. The van der Waals surface area contributed by atoms with Crippen molar-refractivity contribution in [3.8, 4) is 6.07 Å². The van der Waals surface area contributed by atoms with E-state index in [1.54, 1.807) is 19.1 Å². The highest BCUT2D eigenvalue weighted by atomic mass is 32.2. The molecule has 0 atom stereocenters. The number of hydrogen-bond donors (Lipinski definition) is 1. The molecular formula is C23H26N4O5S. The van der Waals surface area contributed by atoms with Crippen molar-refractivity contribution in [2.45, 2.75) is 32.4 Å². The Kier molecular flexibility index (Phi) is 7.33. The molecule has 0 spiro atoms. The lowest BCUT2D eigenvalue weighted by Gasteiger charge is -2.32. The van der Waals surface area contributed by atoms with Gasteiger partial charge in [-0.05, 0) is 38.3 Å². The average molecular weight is 471 g/mol. The molecule has 10 heteroatoms. The molecule has 1 aliphatic rings. The molecule has 1 saturated heterocycles. The lowest BCUT2D eigenvalue weighted by Crippen LogP contribution is -2.43. The van der Waals surface area contributed by atoms with Gasteiger partial charge < -0.3 is 9.64 Å². The second-order valence-electron chi connectivity index (χ2n) is 8.07. The summed E-state index contributed by atoms with van der Waals surface area (Å²) in [5.74, 6) is -1.37. The Morgan fingerprint density at radius 2 is 1.85 bits per heavy atom. The van der Waals surface area contributed by atoms with Crippen molar-refractivity contribution in [3.05, 3.63) is 58.3 Å². The summed E-state index contributed by atoms with van der Waals surface area (Å²) in [6.07, 6.45) is 0.826. The normalized spacial score (nSPS) is 14.4. The van der Waals surface area contributed by atoms with Gasteiger partial charge in [0.25, 0.3) is 0 Å². The number of piperidine rings is 1. The number of anilines is 1. The number of benzene rings is 1. The lowest BCUT2D eigenvalue weighted by atomic mass is 9.96. The fourth-order valence-corrected chi connectivity index (χ4v) is 4.94. The highest BCUT2D eigenvalue weighted by Crippen LogP contribution is 2.27. The Bertz CT molecular complexity index is 1190. The maximum atomic E-state index is 12.6. The monoisotopic (exact) mass is 470 g/mol. The zero-order chi connectivity index (χ0) is 24.2. The zero-order valence-corrected chi connectivity index (χ0v) is 19.6. The van der Waals surface area contributed by atoms with E-state index in [0.717, 1.165) is 5.56 Å². The van der Waals surface area contributed by atoms with Crippen LogP contribution in [0.25, 0.3) is 0 Å². The minimum Gasteiger partial charge on any atom is -0.465 e. The van der Waals surface area contributed by atoms with E-state index in [1.165, 1.54) is 13.2 Å². The zero-order valence-electron chi connectivity index (χ0n) is 18.8. The third-order valence-electron chi connectivity index (χ3n) is 5.62. The molecule has 9 nitrogen and oxygen atoms in total. The largest absolute Gasteiger partial charge is 0.465 e. The minimum atomic E-state index is -3.81. The third-order valence-corrected chi connectivity index (χ3v) is 6.84. The Balaban J connectivity index is 1.64. The van der Waals surface area contributed by atoms with E-state index >= 15 is 0 Å². The third kappa shape index (κ3) is 5.87. The van der Waals surface area contributed by atoms with Crippen molar-refractivity contribution in [3.63, 3.8) is 0 Å². The molecule has 1 aromatic heterocycles. The molecule has 1 fully saturated rings. The fraction of sp³-hybridized carbons (Fsp3) is 0.391. The average Bonchev–Trinajstić information content (AvgIpc) is 2.79. The minimum absolute atomic E-state index is 0.228. The van der Waals surface area contributed by atoms with Gasteiger partial charge in [-0.15, -0.1) is 0 Å². The number of aryl methyl sites for hydroxylation is 2. The van der Waals surface area contributed by atoms with Gasteiger partial charge in [0.15, 0.2) is 0 Å². The summed E-state index contributed by atoms with van der Waals surface area (Å²) in [6.45, 7) is 4.43. The molecule has 0 aliphatic carbocycles. The van der Waals surface area contributed by atoms with E-state index in [4.69, 9.17) is 4.74 Å². The Hall–Kier alpha value is -3.45. The molecule has 0 radical (unpaired) electrons. The second kappa shape index (κ2) is 10.0. The summed E-state index contributed by atoms with van der Waals surface area (Å²) in [5.41, 5.74) is 2.54. The van der Waals surface area contributed by atoms with Crippen LogP contribution in [0, 0.1) is 31.1 Å². The molecule has 33 heavy (non-hydrogen) atoms. The number of hydrogen-bond acceptors (Lipinski definition) is 8. The maximum absolute atomic E-state index is 12.6. The molecule has 1 N–H and O–H groups in total. The number of ether oxygens (including phenoxy) is 1. The number of aromatic nitrogens is 1. The highest BCUT2D eigenvalue weighted by molar-refractivity contribution is 7.89. The number of nitriles is 1. The molecule has 0 bridgehead atoms. The Labute approximate surface area is 193 Å². The molecule has 3 rings (SSSR count). The molecule has 1 amide bonds. The Morgan fingerprint density at radius 3 is 2.42 bits per heavy atom. The van der Waals surface area contributed by atoms with Crippen LogP contribution in [0.4, 0.5) is 5.82 Å². The first-order valence-electron chi connectivity index (χ1n) is 10.5. The number of carbonyl (C=O) groups excluding carboxylic acids is 2. The van der Waals surface area contributed by atoms with Crippen LogP contribution in [-0.4, -0.2) is 45.5 Å². The van der Waals surface area contributed by atoms with Crippen LogP contribution >= 0.6 is 0 Å². The molecule has 1 aromatic carbocycles. The first-order valence-corrected chi connectivity index (χ1v) is 12.1. The van der Waals surface area contributed by atoms with Gasteiger partial charge in [0.2, 0.25) is 15.9 Å².